The zero-order valence-corrected chi connectivity index (χ0v) is 9.23. The number of nitrogens with two attached hydrogens (primary N) is 1. The maximum absolute atomic E-state index is 11.7. The van der Waals surface area contributed by atoms with Gasteiger partial charge in [-0.25, -0.2) is 0 Å². The molecular weight excluding hydrogens is 202 g/mol. The third-order valence-electron chi connectivity index (χ3n) is 2.09. The summed E-state index contributed by atoms with van der Waals surface area (Å²) in [5.41, 5.74) is 6.69. The number of hydrogen-bond acceptors (Lipinski definition) is 3. The molecule has 4 nitrogen and oxygen atoms in total. The maximum atomic E-state index is 11.7. The third kappa shape index (κ3) is 3.37. The molecule has 0 aliphatic heterocycles. The molecule has 84 valence electrons. The minimum Gasteiger partial charge on any atom is -0.349 e. The molecule has 0 saturated heterocycles. The molecule has 1 unspecified atom stereocenters. The molecule has 0 saturated carbocycles. The lowest BCUT2D eigenvalue weighted by Crippen LogP contribution is -2.32. The molecule has 0 fully saturated rings. The predicted octanol–water partition coefficient (Wildman–Crippen LogP) is 0.682. The molecule has 1 aromatic rings. The fourth-order valence-electron chi connectivity index (χ4n) is 1.27. The number of pyridine rings is 1. The molecule has 1 atom stereocenters. The Kier molecular flexibility index (Phi) is 4.49. The highest BCUT2D eigenvalue weighted by Crippen LogP contribution is 2.02. The molecule has 1 aromatic heterocycles. The van der Waals surface area contributed by atoms with E-state index in [9.17, 15) is 4.79 Å². The summed E-state index contributed by atoms with van der Waals surface area (Å²) in [6.45, 7) is 2.18. The summed E-state index contributed by atoms with van der Waals surface area (Å²) in [5.74, 6) is 2.35. The Hall–Kier alpha value is -1.86. The number of terminal acetylenes is 1. The molecule has 3 N–H and O–H groups in total. The van der Waals surface area contributed by atoms with Crippen molar-refractivity contribution in [2.45, 2.75) is 25.9 Å². The van der Waals surface area contributed by atoms with E-state index in [2.05, 4.69) is 16.2 Å². The van der Waals surface area contributed by atoms with Gasteiger partial charge in [0.05, 0.1) is 5.69 Å². The second kappa shape index (κ2) is 5.89. The van der Waals surface area contributed by atoms with Crippen LogP contribution in [0.1, 0.15) is 29.4 Å². The smallest absolute Gasteiger partial charge is 0.251 e. The molecule has 0 bridgehead atoms. The summed E-state index contributed by atoms with van der Waals surface area (Å²) in [5, 5.41) is 2.80. The Bertz CT molecular complexity index is 409. The molecule has 4 heteroatoms. The van der Waals surface area contributed by atoms with Crippen molar-refractivity contribution in [3.05, 3.63) is 29.6 Å². The van der Waals surface area contributed by atoms with E-state index in [4.69, 9.17) is 12.2 Å². The van der Waals surface area contributed by atoms with Crippen LogP contribution in [0, 0.1) is 12.3 Å². The van der Waals surface area contributed by atoms with Crippen LogP contribution in [0.15, 0.2) is 18.3 Å². The van der Waals surface area contributed by atoms with Crippen LogP contribution in [0.4, 0.5) is 0 Å². The minimum atomic E-state index is -0.153. The number of nitrogens with zero attached hydrogens (tertiary/aromatic N) is 1. The van der Waals surface area contributed by atoms with Crippen LogP contribution in [0.25, 0.3) is 0 Å². The van der Waals surface area contributed by atoms with E-state index in [1.54, 1.807) is 18.3 Å². The van der Waals surface area contributed by atoms with Gasteiger partial charge in [-0.3, -0.25) is 9.78 Å². The number of aromatic nitrogens is 1. The highest BCUT2D eigenvalue weighted by molar-refractivity contribution is 5.94. The van der Waals surface area contributed by atoms with Crippen LogP contribution < -0.4 is 11.1 Å². The van der Waals surface area contributed by atoms with Gasteiger partial charge in [0.2, 0.25) is 0 Å². The molecule has 1 rings (SSSR count). The van der Waals surface area contributed by atoms with Gasteiger partial charge in [0, 0.05) is 30.8 Å². The van der Waals surface area contributed by atoms with E-state index < -0.39 is 0 Å². The van der Waals surface area contributed by atoms with Crippen LogP contribution in [0.2, 0.25) is 0 Å². The second-order valence-corrected chi connectivity index (χ2v) is 3.52. The van der Waals surface area contributed by atoms with Crippen LogP contribution >= 0.6 is 0 Å². The lowest BCUT2D eigenvalue weighted by atomic mass is 10.2. The number of rotatable bonds is 4. The average Bonchev–Trinajstić information content (AvgIpc) is 2.29. The van der Waals surface area contributed by atoms with Gasteiger partial charge in [-0.2, -0.15) is 0 Å². The second-order valence-electron chi connectivity index (χ2n) is 3.52. The zero-order valence-electron chi connectivity index (χ0n) is 9.23. The van der Waals surface area contributed by atoms with E-state index in [1.165, 1.54) is 0 Å². The van der Waals surface area contributed by atoms with Gasteiger partial charge in [-0.15, -0.1) is 12.3 Å². The SMILES string of the molecule is C#CCC(C)NC(=O)c1ccnc(CN)c1. The van der Waals surface area contributed by atoms with E-state index in [0.717, 1.165) is 0 Å². The molecule has 1 amide bonds. The van der Waals surface area contributed by atoms with Crippen LogP contribution in [0.5, 0.6) is 0 Å². The van der Waals surface area contributed by atoms with Gasteiger partial charge in [-0.1, -0.05) is 0 Å². The minimum absolute atomic E-state index is 0.0352. The number of hydrogen-bond donors (Lipinski definition) is 2. The standard InChI is InChI=1S/C12H15N3O/c1-3-4-9(2)15-12(16)10-5-6-14-11(7-10)8-13/h1,5-7,9H,4,8,13H2,2H3,(H,15,16). The first-order valence-electron chi connectivity index (χ1n) is 5.06. The summed E-state index contributed by atoms with van der Waals surface area (Å²) in [7, 11) is 0. The largest absolute Gasteiger partial charge is 0.349 e. The van der Waals surface area contributed by atoms with Crippen LogP contribution in [-0.2, 0) is 6.54 Å². The topological polar surface area (TPSA) is 68.0 Å². The Morgan fingerprint density at radius 2 is 2.50 bits per heavy atom. The van der Waals surface area contributed by atoms with Gasteiger partial charge >= 0.3 is 0 Å². The Morgan fingerprint density at radius 1 is 1.75 bits per heavy atom. The molecule has 0 aliphatic rings. The lowest BCUT2D eigenvalue weighted by Gasteiger charge is -2.11. The Balaban J connectivity index is 2.69. The van der Waals surface area contributed by atoms with Gasteiger partial charge < -0.3 is 11.1 Å². The van der Waals surface area contributed by atoms with Crippen LogP contribution in [0.3, 0.4) is 0 Å². The maximum Gasteiger partial charge on any atom is 0.251 e. The van der Waals surface area contributed by atoms with Gasteiger partial charge in [0.1, 0.15) is 0 Å². The predicted molar refractivity (Wildman–Crippen MR) is 62.5 cm³/mol. The average molecular weight is 217 g/mol. The Labute approximate surface area is 95.3 Å². The number of carbonyl (C=O) groups is 1. The first-order valence-corrected chi connectivity index (χ1v) is 5.06. The van der Waals surface area contributed by atoms with Crippen molar-refractivity contribution in [2.24, 2.45) is 5.73 Å². The zero-order chi connectivity index (χ0) is 12.0. The first kappa shape index (κ1) is 12.2. The van der Waals surface area contributed by atoms with Crippen molar-refractivity contribution >= 4 is 5.91 Å². The van der Waals surface area contributed by atoms with Gasteiger partial charge in [0.25, 0.3) is 5.91 Å². The van der Waals surface area contributed by atoms with Crippen molar-refractivity contribution in [1.29, 1.82) is 0 Å². The van der Waals surface area contributed by atoms with E-state index in [1.807, 2.05) is 6.92 Å². The number of nitrogens with one attached hydrogen (secondary N) is 1. The highest BCUT2D eigenvalue weighted by atomic mass is 16.1. The quantitative estimate of drug-likeness (QED) is 0.729. The summed E-state index contributed by atoms with van der Waals surface area (Å²) in [6.07, 6.45) is 7.25. The molecule has 1 heterocycles. The third-order valence-corrected chi connectivity index (χ3v) is 2.09. The molecule has 0 spiro atoms. The molecule has 0 aliphatic carbocycles. The summed E-state index contributed by atoms with van der Waals surface area (Å²) in [6, 6.07) is 3.29. The number of carbonyl (C=O) groups excluding carboxylic acids is 1. The van der Waals surface area contributed by atoms with Crippen molar-refractivity contribution in [2.75, 3.05) is 0 Å². The Morgan fingerprint density at radius 3 is 3.12 bits per heavy atom. The van der Waals surface area contributed by atoms with E-state index >= 15 is 0 Å². The summed E-state index contributed by atoms with van der Waals surface area (Å²) in [4.78, 5) is 15.8. The van der Waals surface area contributed by atoms with Crippen molar-refractivity contribution in [1.82, 2.24) is 10.3 Å². The van der Waals surface area contributed by atoms with Crippen LogP contribution in [-0.4, -0.2) is 16.9 Å². The van der Waals surface area contributed by atoms with Crippen molar-refractivity contribution in [3.63, 3.8) is 0 Å². The van der Waals surface area contributed by atoms with Crippen molar-refractivity contribution < 1.29 is 4.79 Å². The number of amides is 1. The first-order chi connectivity index (χ1) is 7.67. The van der Waals surface area contributed by atoms with E-state index in [0.29, 0.717) is 24.2 Å². The van der Waals surface area contributed by atoms with Gasteiger partial charge in [0.15, 0.2) is 0 Å². The lowest BCUT2D eigenvalue weighted by molar-refractivity contribution is 0.0940. The summed E-state index contributed by atoms with van der Waals surface area (Å²) >= 11 is 0. The normalized spacial score (nSPS) is 11.6. The molecule has 0 radical (unpaired) electrons. The van der Waals surface area contributed by atoms with E-state index in [-0.39, 0.29) is 11.9 Å². The fraction of sp³-hybridized carbons (Fsp3) is 0.333. The van der Waals surface area contributed by atoms with Gasteiger partial charge in [-0.05, 0) is 19.1 Å². The molecule has 0 aromatic carbocycles. The monoisotopic (exact) mass is 217 g/mol. The highest BCUT2D eigenvalue weighted by Gasteiger charge is 2.09. The summed E-state index contributed by atoms with van der Waals surface area (Å²) < 4.78 is 0. The van der Waals surface area contributed by atoms with Crippen molar-refractivity contribution in [3.8, 4) is 12.3 Å². The molecular formula is C12H15N3O. The molecule has 16 heavy (non-hydrogen) atoms. The fourth-order valence-corrected chi connectivity index (χ4v) is 1.27.